The van der Waals surface area contributed by atoms with Crippen molar-refractivity contribution in [1.82, 2.24) is 14.8 Å². The lowest BCUT2D eigenvalue weighted by Gasteiger charge is -2.09. The minimum absolute atomic E-state index is 0.348. The number of aromatic nitrogens is 3. The summed E-state index contributed by atoms with van der Waals surface area (Å²) in [5.41, 5.74) is 3.33. The number of pyridine rings is 1. The summed E-state index contributed by atoms with van der Waals surface area (Å²) in [5.74, 6) is 6.19. The summed E-state index contributed by atoms with van der Waals surface area (Å²) < 4.78 is 1.65. The molecule has 0 saturated heterocycles. The Kier molecular flexibility index (Phi) is 3.02. The fourth-order valence-corrected chi connectivity index (χ4v) is 2.34. The van der Waals surface area contributed by atoms with Crippen molar-refractivity contribution >= 4 is 39.9 Å². The molecule has 0 saturated carbocycles. The fourth-order valence-electron chi connectivity index (χ4n) is 1.85. The first kappa shape index (κ1) is 12.2. The Morgan fingerprint density at radius 1 is 1.16 bits per heavy atom. The van der Waals surface area contributed by atoms with Gasteiger partial charge in [0.05, 0.1) is 21.8 Å². The van der Waals surface area contributed by atoms with Crippen molar-refractivity contribution in [3.8, 4) is 5.82 Å². The van der Waals surface area contributed by atoms with Crippen molar-refractivity contribution in [1.29, 1.82) is 0 Å². The van der Waals surface area contributed by atoms with Crippen LogP contribution in [0.5, 0.6) is 0 Å². The van der Waals surface area contributed by atoms with Crippen LogP contribution in [0.3, 0.4) is 0 Å². The number of nitrogens with one attached hydrogen (secondary N) is 1. The predicted octanol–water partition coefficient (Wildman–Crippen LogP) is 3.01. The molecule has 0 aliphatic carbocycles. The van der Waals surface area contributed by atoms with Crippen LogP contribution in [-0.2, 0) is 0 Å². The Balaban J connectivity index is 2.27. The zero-order valence-corrected chi connectivity index (χ0v) is 11.2. The Hall–Kier alpha value is -1.82. The minimum Gasteiger partial charge on any atom is -0.307 e. The van der Waals surface area contributed by atoms with E-state index in [-0.39, 0.29) is 0 Å². The van der Waals surface area contributed by atoms with E-state index in [0.29, 0.717) is 21.7 Å². The van der Waals surface area contributed by atoms with Gasteiger partial charge in [-0.3, -0.25) is 0 Å². The normalized spacial score (nSPS) is 10.9. The summed E-state index contributed by atoms with van der Waals surface area (Å²) in [6.07, 6.45) is 1.75. The molecule has 2 aromatic heterocycles. The highest BCUT2D eigenvalue weighted by Crippen LogP contribution is 2.29. The van der Waals surface area contributed by atoms with E-state index in [1.807, 2.05) is 24.3 Å². The zero-order chi connectivity index (χ0) is 13.4. The van der Waals surface area contributed by atoms with Crippen LogP contribution in [0.25, 0.3) is 16.7 Å². The largest absolute Gasteiger partial charge is 0.307 e. The molecule has 5 nitrogen and oxygen atoms in total. The second-order valence-electron chi connectivity index (χ2n) is 3.88. The number of benzene rings is 1. The Morgan fingerprint density at radius 2 is 1.95 bits per heavy atom. The van der Waals surface area contributed by atoms with Crippen LogP contribution < -0.4 is 11.3 Å². The molecule has 3 N–H and O–H groups in total. The summed E-state index contributed by atoms with van der Waals surface area (Å²) in [4.78, 5) is 4.28. The van der Waals surface area contributed by atoms with Gasteiger partial charge in [-0.25, -0.2) is 15.5 Å². The second kappa shape index (κ2) is 4.70. The summed E-state index contributed by atoms with van der Waals surface area (Å²) in [7, 11) is 0. The average molecular weight is 294 g/mol. The quantitative estimate of drug-likeness (QED) is 0.563. The van der Waals surface area contributed by atoms with E-state index in [2.05, 4.69) is 15.5 Å². The third-order valence-electron chi connectivity index (χ3n) is 2.73. The first-order valence-corrected chi connectivity index (χ1v) is 6.22. The Labute approximate surface area is 118 Å². The van der Waals surface area contributed by atoms with Crippen LogP contribution in [-0.4, -0.2) is 14.8 Å². The van der Waals surface area contributed by atoms with Crippen LogP contribution in [0.15, 0.2) is 36.5 Å². The number of rotatable bonds is 2. The maximum atomic E-state index is 6.17. The molecule has 96 valence electrons. The van der Waals surface area contributed by atoms with E-state index in [1.54, 1.807) is 16.9 Å². The van der Waals surface area contributed by atoms with Crippen molar-refractivity contribution in [3.63, 3.8) is 0 Å². The molecule has 2 heterocycles. The lowest BCUT2D eigenvalue weighted by atomic mass is 10.2. The highest BCUT2D eigenvalue weighted by Gasteiger charge is 2.13. The number of nitrogens with two attached hydrogens (primary N) is 1. The highest BCUT2D eigenvalue weighted by molar-refractivity contribution is 6.36. The average Bonchev–Trinajstić information content (AvgIpc) is 2.83. The van der Waals surface area contributed by atoms with Crippen LogP contribution in [0.2, 0.25) is 10.0 Å². The first-order valence-electron chi connectivity index (χ1n) is 5.46. The highest BCUT2D eigenvalue weighted by atomic mass is 35.5. The number of hydrazine groups is 1. The summed E-state index contributed by atoms with van der Waals surface area (Å²) in [6, 6.07) is 9.34. The number of anilines is 1. The molecule has 3 rings (SSSR count). The van der Waals surface area contributed by atoms with Crippen LogP contribution in [0, 0.1) is 0 Å². The number of fused-ring (bicyclic) bond motifs is 1. The molecule has 0 bridgehead atoms. The molecule has 0 atom stereocenters. The van der Waals surface area contributed by atoms with Gasteiger partial charge in [-0.2, -0.15) is 5.10 Å². The van der Waals surface area contributed by atoms with Gasteiger partial charge in [0.1, 0.15) is 0 Å². The standard InChI is InChI=1S/C12H9Cl2N5/c13-8-5-9(14)12(17-11(8)18-15)19-10-4-2-1-3-7(10)6-16-19/h1-6H,15H2,(H,17,18). The summed E-state index contributed by atoms with van der Waals surface area (Å²) in [6.45, 7) is 0. The van der Waals surface area contributed by atoms with Gasteiger partial charge in [0.2, 0.25) is 0 Å². The number of halogens is 2. The number of nitrogens with zero attached hydrogens (tertiary/aromatic N) is 3. The van der Waals surface area contributed by atoms with Gasteiger partial charge in [0.25, 0.3) is 0 Å². The van der Waals surface area contributed by atoms with Gasteiger partial charge >= 0.3 is 0 Å². The van der Waals surface area contributed by atoms with Gasteiger partial charge in [-0.15, -0.1) is 0 Å². The van der Waals surface area contributed by atoms with E-state index < -0.39 is 0 Å². The molecule has 0 spiro atoms. The lowest BCUT2D eigenvalue weighted by Crippen LogP contribution is -2.11. The number of nitrogen functional groups attached to an aromatic ring is 1. The molecule has 3 aromatic rings. The van der Waals surface area contributed by atoms with Crippen molar-refractivity contribution in [2.24, 2.45) is 5.84 Å². The molecule has 19 heavy (non-hydrogen) atoms. The van der Waals surface area contributed by atoms with Gasteiger partial charge in [0.15, 0.2) is 11.6 Å². The SMILES string of the molecule is NNc1nc(-n2ncc3ccccc32)c(Cl)cc1Cl. The van der Waals surface area contributed by atoms with Crippen molar-refractivity contribution in [2.45, 2.75) is 0 Å². The number of hydrogen-bond acceptors (Lipinski definition) is 4. The molecular weight excluding hydrogens is 285 g/mol. The topological polar surface area (TPSA) is 68.8 Å². The smallest absolute Gasteiger partial charge is 0.175 e. The molecular formula is C12H9Cl2N5. The first-order chi connectivity index (χ1) is 9.20. The third kappa shape index (κ3) is 2.02. The molecule has 0 aliphatic rings. The zero-order valence-electron chi connectivity index (χ0n) is 9.64. The van der Waals surface area contributed by atoms with Crippen LogP contribution in [0.4, 0.5) is 5.82 Å². The van der Waals surface area contributed by atoms with E-state index in [1.165, 1.54) is 0 Å². The summed E-state index contributed by atoms with van der Waals surface area (Å²) >= 11 is 12.1. The molecule has 7 heteroatoms. The number of para-hydroxylation sites is 1. The van der Waals surface area contributed by atoms with Crippen LogP contribution >= 0.6 is 23.2 Å². The van der Waals surface area contributed by atoms with Crippen molar-refractivity contribution < 1.29 is 0 Å². The molecule has 0 radical (unpaired) electrons. The van der Waals surface area contributed by atoms with E-state index in [4.69, 9.17) is 29.0 Å². The van der Waals surface area contributed by atoms with Gasteiger partial charge < -0.3 is 5.43 Å². The van der Waals surface area contributed by atoms with E-state index >= 15 is 0 Å². The monoisotopic (exact) mass is 293 g/mol. The van der Waals surface area contributed by atoms with Crippen LogP contribution in [0.1, 0.15) is 0 Å². The molecule has 1 aromatic carbocycles. The second-order valence-corrected chi connectivity index (χ2v) is 4.70. The molecule has 0 amide bonds. The van der Waals surface area contributed by atoms with E-state index in [9.17, 15) is 0 Å². The molecule has 0 unspecified atom stereocenters. The van der Waals surface area contributed by atoms with E-state index in [0.717, 1.165) is 10.9 Å². The summed E-state index contributed by atoms with van der Waals surface area (Å²) in [5, 5.41) is 6.04. The minimum atomic E-state index is 0.348. The van der Waals surface area contributed by atoms with Crippen molar-refractivity contribution in [2.75, 3.05) is 5.43 Å². The maximum Gasteiger partial charge on any atom is 0.175 e. The van der Waals surface area contributed by atoms with Gasteiger partial charge in [-0.05, 0) is 12.1 Å². The predicted molar refractivity (Wildman–Crippen MR) is 76.7 cm³/mol. The molecule has 0 aliphatic heterocycles. The van der Waals surface area contributed by atoms with Crippen molar-refractivity contribution in [3.05, 3.63) is 46.6 Å². The Bertz CT molecular complexity index is 753. The van der Waals surface area contributed by atoms with Gasteiger partial charge in [0, 0.05) is 5.39 Å². The van der Waals surface area contributed by atoms with Gasteiger partial charge in [-0.1, -0.05) is 41.4 Å². The third-order valence-corrected chi connectivity index (χ3v) is 3.29. The number of hydrogen-bond donors (Lipinski definition) is 2. The lowest BCUT2D eigenvalue weighted by molar-refractivity contribution is 0.875. The molecule has 0 fully saturated rings. The Morgan fingerprint density at radius 3 is 2.74 bits per heavy atom. The maximum absolute atomic E-state index is 6.17. The fraction of sp³-hybridized carbons (Fsp3) is 0.